The number of hydrogen-bond donors (Lipinski definition) is 1. The Hall–Kier alpha value is -2.86. The summed E-state index contributed by atoms with van der Waals surface area (Å²) in [7, 11) is 0. The predicted octanol–water partition coefficient (Wildman–Crippen LogP) is 2.96. The molecule has 0 bridgehead atoms. The van der Waals surface area contributed by atoms with Gasteiger partial charge in [-0.3, -0.25) is 14.5 Å². The smallest absolute Gasteiger partial charge is 0.244 e. The lowest BCUT2D eigenvalue weighted by Gasteiger charge is -2.36. The molecule has 2 aromatic rings. The van der Waals surface area contributed by atoms with Crippen LogP contribution in [0.15, 0.2) is 54.6 Å². The predicted molar refractivity (Wildman–Crippen MR) is 119 cm³/mol. The lowest BCUT2D eigenvalue weighted by atomic mass is 10.2. The number of benzene rings is 2. The van der Waals surface area contributed by atoms with Crippen LogP contribution < -0.4 is 10.2 Å². The van der Waals surface area contributed by atoms with Crippen molar-refractivity contribution in [3.63, 3.8) is 0 Å². The quantitative estimate of drug-likeness (QED) is 0.801. The average Bonchev–Trinajstić information content (AvgIpc) is 3.21. The molecule has 2 aliphatic heterocycles. The second-order valence-corrected chi connectivity index (χ2v) is 8.15. The molecule has 30 heavy (non-hydrogen) atoms. The van der Waals surface area contributed by atoms with Crippen LogP contribution in [0.2, 0.25) is 0 Å². The lowest BCUT2D eigenvalue weighted by molar-refractivity contribution is -0.133. The molecule has 2 aromatic carbocycles. The second kappa shape index (κ2) is 9.30. The molecule has 6 nitrogen and oxygen atoms in total. The Morgan fingerprint density at radius 2 is 1.67 bits per heavy atom. The van der Waals surface area contributed by atoms with Crippen molar-refractivity contribution in [2.24, 2.45) is 0 Å². The van der Waals surface area contributed by atoms with Crippen LogP contribution in [-0.4, -0.2) is 60.4 Å². The number of nitrogens with one attached hydrogen (secondary N) is 1. The van der Waals surface area contributed by atoms with Crippen LogP contribution in [0.25, 0.3) is 0 Å². The topological polar surface area (TPSA) is 55.9 Å². The summed E-state index contributed by atoms with van der Waals surface area (Å²) in [4.78, 5) is 30.9. The normalized spacial score (nSPS) is 18.5. The van der Waals surface area contributed by atoms with Crippen molar-refractivity contribution in [2.75, 3.05) is 42.9 Å². The van der Waals surface area contributed by atoms with Gasteiger partial charge in [0.1, 0.15) is 6.04 Å². The summed E-state index contributed by atoms with van der Waals surface area (Å²) in [6.45, 7) is 6.94. The molecule has 158 valence electrons. The van der Waals surface area contributed by atoms with Crippen molar-refractivity contribution in [2.45, 2.75) is 32.4 Å². The zero-order valence-electron chi connectivity index (χ0n) is 17.6. The van der Waals surface area contributed by atoms with Gasteiger partial charge in [0.15, 0.2) is 0 Å². The van der Waals surface area contributed by atoms with Crippen molar-refractivity contribution in [3.05, 3.63) is 60.2 Å². The molecule has 4 rings (SSSR count). The van der Waals surface area contributed by atoms with Gasteiger partial charge in [0, 0.05) is 57.1 Å². The lowest BCUT2D eigenvalue weighted by Crippen LogP contribution is -2.51. The van der Waals surface area contributed by atoms with Gasteiger partial charge in [0.05, 0.1) is 0 Å². The summed E-state index contributed by atoms with van der Waals surface area (Å²) in [6, 6.07) is 18.0. The van der Waals surface area contributed by atoms with Crippen LogP contribution in [-0.2, 0) is 16.1 Å². The third kappa shape index (κ3) is 4.82. The fraction of sp³-hybridized carbons (Fsp3) is 0.417. The minimum atomic E-state index is -0.287. The van der Waals surface area contributed by atoms with Gasteiger partial charge in [-0.05, 0) is 43.2 Å². The second-order valence-electron chi connectivity index (χ2n) is 8.15. The molecule has 1 N–H and O–H groups in total. The molecule has 0 unspecified atom stereocenters. The Kier molecular flexibility index (Phi) is 6.33. The highest BCUT2D eigenvalue weighted by molar-refractivity contribution is 5.95. The molecule has 1 atom stereocenters. The van der Waals surface area contributed by atoms with E-state index in [1.54, 1.807) is 0 Å². The molecule has 2 aliphatic rings. The molecule has 6 heteroatoms. The molecular weight excluding hydrogens is 376 g/mol. The van der Waals surface area contributed by atoms with E-state index in [1.165, 1.54) is 5.56 Å². The van der Waals surface area contributed by atoms with Crippen molar-refractivity contribution in [1.82, 2.24) is 9.80 Å². The van der Waals surface area contributed by atoms with Crippen molar-refractivity contribution in [3.8, 4) is 0 Å². The molecule has 0 aliphatic carbocycles. The van der Waals surface area contributed by atoms with E-state index in [0.717, 1.165) is 57.1 Å². The number of amides is 2. The largest absolute Gasteiger partial charge is 0.374 e. The minimum Gasteiger partial charge on any atom is -0.374 e. The maximum atomic E-state index is 12.9. The highest BCUT2D eigenvalue weighted by atomic mass is 16.2. The summed E-state index contributed by atoms with van der Waals surface area (Å²) < 4.78 is 0. The first kappa shape index (κ1) is 20.4. The Balaban J connectivity index is 1.26. The van der Waals surface area contributed by atoms with Gasteiger partial charge >= 0.3 is 0 Å². The number of carbonyl (C=O) groups is 2. The minimum absolute atomic E-state index is 0.133. The van der Waals surface area contributed by atoms with E-state index >= 15 is 0 Å². The molecule has 0 spiro atoms. The summed E-state index contributed by atoms with van der Waals surface area (Å²) in [5, 5.41) is 3.31. The van der Waals surface area contributed by atoms with Crippen molar-refractivity contribution >= 4 is 23.2 Å². The fourth-order valence-electron chi connectivity index (χ4n) is 4.21. The third-order valence-corrected chi connectivity index (χ3v) is 5.94. The van der Waals surface area contributed by atoms with E-state index in [0.29, 0.717) is 6.42 Å². The summed E-state index contributed by atoms with van der Waals surface area (Å²) in [6.07, 6.45) is 1.55. The Labute approximate surface area is 178 Å². The number of hydrogen-bond acceptors (Lipinski definition) is 4. The molecule has 0 radical (unpaired) electrons. The first-order valence-corrected chi connectivity index (χ1v) is 10.8. The number of rotatable bonds is 6. The number of carbonyl (C=O) groups excluding carboxylic acids is 2. The SMILES string of the molecule is C[C@H](Nc1ccc(N2CCCC2=O)cc1)C(=O)N1CCN(Cc2ccccc2)CC1. The molecule has 0 saturated carbocycles. The summed E-state index contributed by atoms with van der Waals surface area (Å²) in [5.74, 6) is 0.318. The number of nitrogens with zero attached hydrogens (tertiary/aromatic N) is 3. The fourth-order valence-corrected chi connectivity index (χ4v) is 4.21. The highest BCUT2D eigenvalue weighted by Gasteiger charge is 2.25. The van der Waals surface area contributed by atoms with Gasteiger partial charge in [-0.25, -0.2) is 0 Å². The molecule has 2 amide bonds. The van der Waals surface area contributed by atoms with Crippen LogP contribution in [0, 0.1) is 0 Å². The summed E-state index contributed by atoms with van der Waals surface area (Å²) in [5.41, 5.74) is 3.14. The Bertz CT molecular complexity index is 861. The molecule has 2 heterocycles. The number of anilines is 2. The van der Waals surface area contributed by atoms with E-state index < -0.39 is 0 Å². The zero-order chi connectivity index (χ0) is 20.9. The average molecular weight is 407 g/mol. The third-order valence-electron chi connectivity index (χ3n) is 5.94. The van der Waals surface area contributed by atoms with Gasteiger partial charge in [-0.2, -0.15) is 0 Å². The Morgan fingerprint density at radius 3 is 2.30 bits per heavy atom. The maximum Gasteiger partial charge on any atom is 0.244 e. The molecule has 2 saturated heterocycles. The monoisotopic (exact) mass is 406 g/mol. The van der Waals surface area contributed by atoms with Crippen LogP contribution >= 0.6 is 0 Å². The van der Waals surface area contributed by atoms with Crippen LogP contribution in [0.3, 0.4) is 0 Å². The molecule has 2 fully saturated rings. The van der Waals surface area contributed by atoms with Gasteiger partial charge in [-0.15, -0.1) is 0 Å². The van der Waals surface area contributed by atoms with Gasteiger partial charge < -0.3 is 15.1 Å². The first-order chi connectivity index (χ1) is 14.6. The van der Waals surface area contributed by atoms with Crippen molar-refractivity contribution < 1.29 is 9.59 Å². The van der Waals surface area contributed by atoms with Crippen LogP contribution in [0.5, 0.6) is 0 Å². The maximum absolute atomic E-state index is 12.9. The van der Waals surface area contributed by atoms with E-state index in [2.05, 4.69) is 34.5 Å². The van der Waals surface area contributed by atoms with E-state index in [1.807, 2.05) is 47.1 Å². The standard InChI is InChI=1S/C24H30N4O2/c1-19(25-21-9-11-22(12-10-21)28-13-5-8-23(28)29)24(30)27-16-14-26(15-17-27)18-20-6-3-2-4-7-20/h2-4,6-7,9-12,19,25H,5,8,13-18H2,1H3/t19-/m0/s1. The summed E-state index contributed by atoms with van der Waals surface area (Å²) >= 11 is 0. The van der Waals surface area contributed by atoms with Crippen LogP contribution in [0.1, 0.15) is 25.3 Å². The molecule has 0 aromatic heterocycles. The number of piperazine rings is 1. The van der Waals surface area contributed by atoms with Crippen LogP contribution in [0.4, 0.5) is 11.4 Å². The molecular formula is C24H30N4O2. The van der Waals surface area contributed by atoms with Gasteiger partial charge in [-0.1, -0.05) is 30.3 Å². The van der Waals surface area contributed by atoms with Gasteiger partial charge in [0.25, 0.3) is 0 Å². The van der Waals surface area contributed by atoms with Gasteiger partial charge in [0.2, 0.25) is 11.8 Å². The van der Waals surface area contributed by atoms with E-state index in [-0.39, 0.29) is 17.9 Å². The Morgan fingerprint density at radius 1 is 0.967 bits per heavy atom. The van der Waals surface area contributed by atoms with Crippen molar-refractivity contribution in [1.29, 1.82) is 0 Å². The highest BCUT2D eigenvalue weighted by Crippen LogP contribution is 2.23. The van der Waals surface area contributed by atoms with E-state index in [9.17, 15) is 9.59 Å². The first-order valence-electron chi connectivity index (χ1n) is 10.8. The zero-order valence-corrected chi connectivity index (χ0v) is 17.6. The van der Waals surface area contributed by atoms with E-state index in [4.69, 9.17) is 0 Å².